The maximum Gasteiger partial charge on any atom is 0.253 e. The van der Waals surface area contributed by atoms with Gasteiger partial charge in [0.1, 0.15) is 11.5 Å². The first-order chi connectivity index (χ1) is 13.0. The van der Waals surface area contributed by atoms with Gasteiger partial charge < -0.3 is 19.6 Å². The number of ether oxygens (including phenoxy) is 1. The SMILES string of the molecule is COc1ccc(CN2CCC/C(=C(/O)c3ccc(N(C)C)cc3)C2=O)cc1. The van der Waals surface area contributed by atoms with Gasteiger partial charge in [-0.05, 0) is 54.8 Å². The fourth-order valence-electron chi connectivity index (χ4n) is 3.26. The van der Waals surface area contributed by atoms with E-state index >= 15 is 0 Å². The summed E-state index contributed by atoms with van der Waals surface area (Å²) < 4.78 is 5.18. The fraction of sp³-hybridized carbons (Fsp3) is 0.318. The first kappa shape index (κ1) is 18.8. The summed E-state index contributed by atoms with van der Waals surface area (Å²) in [6, 6.07) is 15.3. The first-order valence-electron chi connectivity index (χ1n) is 9.11. The lowest BCUT2D eigenvalue weighted by atomic mass is 9.98. The Morgan fingerprint density at radius 3 is 2.37 bits per heavy atom. The van der Waals surface area contributed by atoms with E-state index in [0.29, 0.717) is 30.6 Å². The number of carbonyl (C=O) groups excluding carboxylic acids is 1. The number of rotatable bonds is 5. The number of hydrogen-bond donors (Lipinski definition) is 1. The minimum Gasteiger partial charge on any atom is -0.507 e. The molecule has 1 N–H and O–H groups in total. The highest BCUT2D eigenvalue weighted by Gasteiger charge is 2.26. The Balaban J connectivity index is 1.79. The number of carbonyl (C=O) groups is 1. The topological polar surface area (TPSA) is 53.0 Å². The molecule has 0 radical (unpaired) electrons. The Kier molecular flexibility index (Phi) is 5.69. The Hall–Kier alpha value is -2.95. The fourth-order valence-corrected chi connectivity index (χ4v) is 3.26. The van der Waals surface area contributed by atoms with Gasteiger partial charge in [-0.3, -0.25) is 4.79 Å². The molecule has 1 fully saturated rings. The van der Waals surface area contributed by atoms with Crippen LogP contribution in [0.2, 0.25) is 0 Å². The molecule has 1 amide bonds. The van der Waals surface area contributed by atoms with Crippen LogP contribution >= 0.6 is 0 Å². The van der Waals surface area contributed by atoms with E-state index in [-0.39, 0.29) is 11.7 Å². The summed E-state index contributed by atoms with van der Waals surface area (Å²) in [7, 11) is 5.57. The van der Waals surface area contributed by atoms with Gasteiger partial charge in [0.15, 0.2) is 0 Å². The van der Waals surface area contributed by atoms with E-state index in [2.05, 4.69) is 0 Å². The van der Waals surface area contributed by atoms with Crippen LogP contribution in [0.15, 0.2) is 54.1 Å². The van der Waals surface area contributed by atoms with Crippen molar-refractivity contribution in [1.82, 2.24) is 4.90 Å². The van der Waals surface area contributed by atoms with Gasteiger partial charge in [-0.15, -0.1) is 0 Å². The number of likely N-dealkylation sites (tertiary alicyclic amines) is 1. The average molecular weight is 366 g/mol. The van der Waals surface area contributed by atoms with E-state index < -0.39 is 0 Å². The standard InChI is InChI=1S/C22H26N2O3/c1-23(2)18-10-8-17(9-11-18)21(25)20-5-4-14-24(22(20)26)15-16-6-12-19(27-3)13-7-16/h6-13,25H,4-5,14-15H2,1-3H3/b21-20-. The quantitative estimate of drug-likeness (QED) is 0.645. The average Bonchev–Trinajstić information content (AvgIpc) is 2.69. The highest BCUT2D eigenvalue weighted by Crippen LogP contribution is 2.27. The van der Waals surface area contributed by atoms with Crippen molar-refractivity contribution in [3.8, 4) is 5.75 Å². The molecule has 3 rings (SSSR count). The van der Waals surface area contributed by atoms with Crippen molar-refractivity contribution in [2.24, 2.45) is 0 Å². The van der Waals surface area contributed by atoms with Gasteiger partial charge in [0.2, 0.25) is 0 Å². The lowest BCUT2D eigenvalue weighted by Crippen LogP contribution is -2.36. The largest absolute Gasteiger partial charge is 0.507 e. The van der Waals surface area contributed by atoms with Crippen LogP contribution in [0, 0.1) is 0 Å². The molecule has 1 heterocycles. The van der Waals surface area contributed by atoms with Gasteiger partial charge >= 0.3 is 0 Å². The summed E-state index contributed by atoms with van der Waals surface area (Å²) in [6.07, 6.45) is 1.44. The Labute approximate surface area is 160 Å². The molecule has 0 bridgehead atoms. The molecule has 0 saturated carbocycles. The normalized spacial score (nSPS) is 16.3. The second-order valence-electron chi connectivity index (χ2n) is 6.95. The number of hydrogen-bond acceptors (Lipinski definition) is 4. The lowest BCUT2D eigenvalue weighted by Gasteiger charge is -2.29. The van der Waals surface area contributed by atoms with Crippen molar-refractivity contribution in [3.05, 3.63) is 65.2 Å². The summed E-state index contributed by atoms with van der Waals surface area (Å²) in [6.45, 7) is 1.22. The Morgan fingerprint density at radius 1 is 1.11 bits per heavy atom. The second kappa shape index (κ2) is 8.16. The summed E-state index contributed by atoms with van der Waals surface area (Å²) >= 11 is 0. The molecule has 5 nitrogen and oxygen atoms in total. The molecule has 0 atom stereocenters. The summed E-state index contributed by atoms with van der Waals surface area (Å²) in [5.74, 6) is 0.791. The molecule has 2 aromatic rings. The van der Waals surface area contributed by atoms with Gasteiger partial charge in [-0.25, -0.2) is 0 Å². The molecule has 2 aromatic carbocycles. The summed E-state index contributed by atoms with van der Waals surface area (Å²) in [5, 5.41) is 10.7. The number of anilines is 1. The van der Waals surface area contributed by atoms with E-state index in [0.717, 1.165) is 23.4 Å². The minimum atomic E-state index is -0.0914. The molecule has 27 heavy (non-hydrogen) atoms. The minimum absolute atomic E-state index is 0.0877. The molecule has 0 unspecified atom stereocenters. The van der Waals surface area contributed by atoms with Gasteiger partial charge in [0.05, 0.1) is 12.7 Å². The monoisotopic (exact) mass is 366 g/mol. The molecule has 1 aliphatic heterocycles. The van der Waals surface area contributed by atoms with Crippen LogP contribution in [-0.2, 0) is 11.3 Å². The highest BCUT2D eigenvalue weighted by atomic mass is 16.5. The van der Waals surface area contributed by atoms with Crippen molar-refractivity contribution in [1.29, 1.82) is 0 Å². The van der Waals surface area contributed by atoms with Gasteiger partial charge in [0, 0.05) is 38.4 Å². The third-order valence-electron chi connectivity index (χ3n) is 4.88. The maximum atomic E-state index is 12.9. The molecular formula is C22H26N2O3. The number of piperidine rings is 1. The maximum absolute atomic E-state index is 12.9. The third kappa shape index (κ3) is 4.25. The number of methoxy groups -OCH3 is 1. The highest BCUT2D eigenvalue weighted by molar-refractivity contribution is 6.00. The van der Waals surface area contributed by atoms with Crippen molar-refractivity contribution in [2.45, 2.75) is 19.4 Å². The van der Waals surface area contributed by atoms with Crippen LogP contribution in [0.3, 0.4) is 0 Å². The van der Waals surface area contributed by atoms with Crippen molar-refractivity contribution in [2.75, 3.05) is 32.6 Å². The van der Waals surface area contributed by atoms with Crippen LogP contribution in [0.1, 0.15) is 24.0 Å². The molecular weight excluding hydrogens is 340 g/mol. The number of aliphatic hydroxyl groups excluding tert-OH is 1. The van der Waals surface area contributed by atoms with Crippen molar-refractivity contribution >= 4 is 17.4 Å². The number of amides is 1. The van der Waals surface area contributed by atoms with Crippen LogP contribution < -0.4 is 9.64 Å². The van der Waals surface area contributed by atoms with Crippen LogP contribution in [0.5, 0.6) is 5.75 Å². The summed E-state index contributed by atoms with van der Waals surface area (Å²) in [5.41, 5.74) is 3.26. The molecule has 0 aromatic heterocycles. The van der Waals surface area contributed by atoms with Crippen molar-refractivity contribution < 1.29 is 14.6 Å². The summed E-state index contributed by atoms with van der Waals surface area (Å²) in [4.78, 5) is 16.7. The first-order valence-corrected chi connectivity index (χ1v) is 9.11. The number of aliphatic hydroxyl groups is 1. The molecule has 1 saturated heterocycles. The zero-order valence-corrected chi connectivity index (χ0v) is 16.1. The van der Waals surface area contributed by atoms with Gasteiger partial charge in [0.25, 0.3) is 5.91 Å². The Morgan fingerprint density at radius 2 is 1.78 bits per heavy atom. The van der Waals surface area contributed by atoms with E-state index in [1.54, 1.807) is 12.0 Å². The lowest BCUT2D eigenvalue weighted by molar-refractivity contribution is -0.129. The molecule has 0 spiro atoms. The van der Waals surface area contributed by atoms with E-state index in [1.165, 1.54) is 0 Å². The molecule has 1 aliphatic rings. The second-order valence-corrected chi connectivity index (χ2v) is 6.95. The van der Waals surface area contributed by atoms with E-state index in [9.17, 15) is 9.90 Å². The predicted octanol–water partition coefficient (Wildman–Crippen LogP) is 3.85. The zero-order chi connectivity index (χ0) is 19.4. The smallest absolute Gasteiger partial charge is 0.253 e. The van der Waals surface area contributed by atoms with Gasteiger partial charge in [-0.2, -0.15) is 0 Å². The van der Waals surface area contributed by atoms with Crippen LogP contribution in [-0.4, -0.2) is 43.7 Å². The molecule has 142 valence electrons. The number of nitrogens with zero attached hydrogens (tertiary/aromatic N) is 2. The van der Waals surface area contributed by atoms with Crippen LogP contribution in [0.4, 0.5) is 5.69 Å². The predicted molar refractivity (Wildman–Crippen MR) is 108 cm³/mol. The van der Waals surface area contributed by atoms with Gasteiger partial charge in [-0.1, -0.05) is 12.1 Å². The number of benzene rings is 2. The molecule has 0 aliphatic carbocycles. The zero-order valence-electron chi connectivity index (χ0n) is 16.1. The van der Waals surface area contributed by atoms with Crippen molar-refractivity contribution in [3.63, 3.8) is 0 Å². The molecule has 5 heteroatoms. The van der Waals surface area contributed by atoms with E-state index in [1.807, 2.05) is 67.5 Å². The van der Waals surface area contributed by atoms with E-state index in [4.69, 9.17) is 4.74 Å². The Bertz CT molecular complexity index is 824. The van der Waals surface area contributed by atoms with Crippen LogP contribution in [0.25, 0.3) is 5.76 Å². The third-order valence-corrected chi connectivity index (χ3v) is 4.88.